The maximum atomic E-state index is 14.6. The molecule has 14 heteroatoms. The van der Waals surface area contributed by atoms with Crippen molar-refractivity contribution in [3.05, 3.63) is 47.6 Å². The summed E-state index contributed by atoms with van der Waals surface area (Å²) in [5.74, 6) is -3.97. The van der Waals surface area contributed by atoms with Crippen LogP contribution in [0.25, 0.3) is 0 Å². The molecule has 2 bridgehead atoms. The first-order chi connectivity index (χ1) is 33.8. The van der Waals surface area contributed by atoms with Crippen molar-refractivity contribution in [2.24, 2.45) is 35.5 Å². The number of methoxy groups -OCH3 is 3. The Bertz CT molecular complexity index is 1900. The predicted octanol–water partition coefficient (Wildman–Crippen LogP) is 8.45. The molecule has 5 rings (SSSR count). The van der Waals surface area contributed by atoms with Crippen molar-refractivity contribution in [3.8, 4) is 0 Å². The van der Waals surface area contributed by atoms with Crippen molar-refractivity contribution < 1.29 is 62.2 Å². The Hall–Kier alpha value is -3.37. The van der Waals surface area contributed by atoms with Gasteiger partial charge in [-0.2, -0.15) is 0 Å². The van der Waals surface area contributed by atoms with E-state index in [-0.39, 0.29) is 78.7 Å². The Labute approximate surface area is 425 Å². The number of ether oxygens (including phenoxy) is 7. The normalized spacial score (nSPS) is 40.3. The molecule has 0 radical (unpaired) electrons. The number of rotatable bonds is 8. The van der Waals surface area contributed by atoms with E-state index in [1.54, 1.807) is 41.1 Å². The van der Waals surface area contributed by atoms with E-state index in [9.17, 15) is 29.1 Å². The van der Waals surface area contributed by atoms with Crippen LogP contribution in [-0.4, -0.2) is 141 Å². The average Bonchev–Trinajstić information content (AvgIpc) is 3.36. The molecule has 5 unspecified atom stereocenters. The number of esters is 1. The van der Waals surface area contributed by atoms with E-state index in [1.807, 2.05) is 65.0 Å². The summed E-state index contributed by atoms with van der Waals surface area (Å²) in [5.41, 5.74) is -0.0421. The number of ketones is 3. The van der Waals surface area contributed by atoms with Crippen molar-refractivity contribution in [2.45, 2.75) is 206 Å². The van der Waals surface area contributed by atoms with Gasteiger partial charge >= 0.3 is 5.97 Å². The number of carbonyl (C=O) groups excluding carboxylic acids is 5. The maximum absolute atomic E-state index is 14.6. The van der Waals surface area contributed by atoms with Crippen LogP contribution < -0.4 is 0 Å². The summed E-state index contributed by atoms with van der Waals surface area (Å²) in [6.45, 7) is 16.5. The highest BCUT2D eigenvalue weighted by molar-refractivity contribution is 6.39. The number of allylic oxidation sites excluding steroid dienone is 6. The molecule has 1 N–H and O–H groups in total. The van der Waals surface area contributed by atoms with Gasteiger partial charge in [0.15, 0.2) is 5.78 Å². The maximum Gasteiger partial charge on any atom is 0.329 e. The summed E-state index contributed by atoms with van der Waals surface area (Å²) in [6, 6.07) is -1.02. The number of aliphatic hydroxyl groups excluding tert-OH is 1. The molecule has 4 heterocycles. The molecule has 1 saturated carbocycles. The third kappa shape index (κ3) is 15.8. The van der Waals surface area contributed by atoms with Crippen molar-refractivity contribution in [1.82, 2.24) is 4.90 Å². The van der Waals surface area contributed by atoms with E-state index in [1.165, 1.54) is 12.0 Å². The Morgan fingerprint density at radius 3 is 2.28 bits per heavy atom. The van der Waals surface area contributed by atoms with E-state index in [4.69, 9.17) is 33.2 Å². The van der Waals surface area contributed by atoms with Gasteiger partial charge in [0.1, 0.15) is 35.7 Å². The van der Waals surface area contributed by atoms with Crippen LogP contribution in [0.1, 0.15) is 145 Å². The Morgan fingerprint density at radius 2 is 1.59 bits per heavy atom. The monoisotopic (exact) mass is 996 g/mol. The summed E-state index contributed by atoms with van der Waals surface area (Å²) >= 11 is 0. The second kappa shape index (κ2) is 27.8. The first kappa shape index (κ1) is 58.5. The third-order valence-electron chi connectivity index (χ3n) is 16.4. The van der Waals surface area contributed by atoms with Crippen molar-refractivity contribution in [3.63, 3.8) is 0 Å². The van der Waals surface area contributed by atoms with Crippen molar-refractivity contribution >= 4 is 29.2 Å². The van der Waals surface area contributed by atoms with Crippen LogP contribution in [0.5, 0.6) is 0 Å². The largest absolute Gasteiger partial charge is 0.460 e. The smallest absolute Gasteiger partial charge is 0.329 e. The van der Waals surface area contributed by atoms with Crippen LogP contribution in [0.2, 0.25) is 0 Å². The zero-order chi connectivity index (χ0) is 52.0. The van der Waals surface area contributed by atoms with E-state index >= 15 is 0 Å². The van der Waals surface area contributed by atoms with Crippen LogP contribution >= 0.6 is 0 Å². The number of piperidine rings is 1. The highest BCUT2D eigenvalue weighted by Gasteiger charge is 2.51. The molecule has 1 aliphatic carbocycles. The highest BCUT2D eigenvalue weighted by Crippen LogP contribution is 2.39. The number of carbonyl (C=O) groups is 5. The van der Waals surface area contributed by atoms with Gasteiger partial charge in [-0.25, -0.2) is 4.79 Å². The van der Waals surface area contributed by atoms with Crippen LogP contribution in [0.15, 0.2) is 47.6 Å². The predicted molar refractivity (Wildman–Crippen MR) is 271 cm³/mol. The first-order valence-electron chi connectivity index (χ1n) is 26.8. The molecular formula is C57H89NO13. The van der Waals surface area contributed by atoms with Crippen LogP contribution in [-0.2, 0) is 57.1 Å². The topological polar surface area (TPSA) is 173 Å². The van der Waals surface area contributed by atoms with Crippen LogP contribution in [0.4, 0.5) is 0 Å². The number of aliphatic hydroxyl groups is 1. The minimum Gasteiger partial charge on any atom is -0.460 e. The lowest BCUT2D eigenvalue weighted by molar-refractivity contribution is -0.184. The summed E-state index contributed by atoms with van der Waals surface area (Å²) in [7, 11) is 4.76. The lowest BCUT2D eigenvalue weighted by atomic mass is 9.78. The number of amides is 1. The van der Waals surface area contributed by atoms with Crippen LogP contribution in [0.3, 0.4) is 0 Å². The molecule has 5 aliphatic rings. The molecule has 4 aliphatic heterocycles. The first-order valence-corrected chi connectivity index (χ1v) is 26.8. The van der Waals surface area contributed by atoms with Crippen molar-refractivity contribution in [1.29, 1.82) is 0 Å². The molecule has 3 saturated heterocycles. The summed E-state index contributed by atoms with van der Waals surface area (Å²) in [6.07, 6.45) is 16.2. The number of fused-ring (bicyclic) bond motifs is 3. The van der Waals surface area contributed by atoms with E-state index in [0.29, 0.717) is 63.5 Å². The number of cyclic esters (lactones) is 1. The molecular weight excluding hydrogens is 907 g/mol. The van der Waals surface area contributed by atoms with Gasteiger partial charge < -0.3 is 43.2 Å². The fourth-order valence-corrected chi connectivity index (χ4v) is 11.6. The summed E-state index contributed by atoms with van der Waals surface area (Å²) in [5, 5.41) is 11.5. The fourth-order valence-electron chi connectivity index (χ4n) is 11.6. The molecule has 14 nitrogen and oxygen atoms in total. The van der Waals surface area contributed by atoms with Gasteiger partial charge in [-0.1, -0.05) is 71.1 Å². The molecule has 0 aromatic carbocycles. The van der Waals surface area contributed by atoms with Crippen LogP contribution in [0, 0.1) is 35.5 Å². The number of hydrogen-bond acceptors (Lipinski definition) is 13. The zero-order valence-corrected chi connectivity index (χ0v) is 44.9. The SMILES string of the molecule is COC1CC(C[C@H](C)[C@@H]2CC(=O)[C@H](C)/C=C(\C)C(O)[C@@H](OC)C(=O)[C@H](C)C[C@H](C)/C=C/C=C/C=C(\C)[C@@H](OC)C[C@@H]3CC[C@@H](C)[C@@](C)(O3)C(=O)C(=O)N3CCCC[C@H]3C(=O)O2)CCC1OC1CCCOC1. The molecule has 0 aromatic rings. The Kier molecular flexibility index (Phi) is 22.9. The van der Waals surface area contributed by atoms with Gasteiger partial charge in [-0.3, -0.25) is 19.2 Å². The number of hydrogen-bond donors (Lipinski definition) is 1. The number of Topliss-reactive ketones (excluding diaryl/α,β-unsaturated/α-hetero) is 3. The molecule has 16 atom stereocenters. The van der Waals surface area contributed by atoms with Gasteiger partial charge in [0.2, 0.25) is 0 Å². The quantitative estimate of drug-likeness (QED) is 0.140. The molecule has 0 aromatic heterocycles. The Balaban J connectivity index is 1.44. The van der Waals surface area contributed by atoms with Gasteiger partial charge in [-0.05, 0) is 133 Å². The molecule has 0 spiro atoms. The second-order valence-corrected chi connectivity index (χ2v) is 21.9. The Morgan fingerprint density at radius 1 is 0.831 bits per heavy atom. The number of nitrogens with zero attached hydrogens (tertiary/aromatic N) is 1. The summed E-state index contributed by atoms with van der Waals surface area (Å²) in [4.78, 5) is 73.2. The molecule has 1 amide bonds. The zero-order valence-electron chi connectivity index (χ0n) is 44.9. The third-order valence-corrected chi connectivity index (χ3v) is 16.4. The fraction of sp³-hybridized carbons (Fsp3) is 0.772. The average molecular weight is 996 g/mol. The van der Waals surface area contributed by atoms with E-state index in [0.717, 1.165) is 44.3 Å². The highest BCUT2D eigenvalue weighted by atomic mass is 16.6. The summed E-state index contributed by atoms with van der Waals surface area (Å²) < 4.78 is 42.8. The van der Waals surface area contributed by atoms with E-state index in [2.05, 4.69) is 0 Å². The van der Waals surface area contributed by atoms with Gasteiger partial charge in [-0.15, -0.1) is 0 Å². The van der Waals surface area contributed by atoms with E-state index < -0.39 is 59.5 Å². The lowest BCUT2D eigenvalue weighted by Crippen LogP contribution is -2.59. The second-order valence-electron chi connectivity index (χ2n) is 21.9. The minimum absolute atomic E-state index is 0.0417. The molecule has 400 valence electrons. The van der Waals surface area contributed by atoms with Crippen molar-refractivity contribution in [2.75, 3.05) is 41.1 Å². The lowest BCUT2D eigenvalue weighted by Gasteiger charge is -2.44. The molecule has 71 heavy (non-hydrogen) atoms. The minimum atomic E-state index is -1.43. The van der Waals surface area contributed by atoms with Gasteiger partial charge in [0.25, 0.3) is 11.7 Å². The standard InChI is InChI=1S/C57H89NO13/c1-35-18-13-12-14-19-36(2)48(65-9)32-43-24-22-41(7)57(8,71-43)54(62)55(63)58-26-16-15-21-45(58)56(64)70-49(33-46(59)37(3)29-40(6)52(61)53(67-11)51(60)39(5)28-35)38(4)30-42-23-25-47(50(31-42)66-10)69-44-20-17-27-68-34-44/h12-14,18-19,29,35,37-39,41-45,47-50,52-53,61H,15-17,20-28,30-34H2,1-11H3/b14-12+,18-13+,36-19+,40-29+/t35-,37-,38+,39-,41-,42?,43+,44?,45+,47?,48+,49+,50?,52?,53+,57-/m1/s1. The van der Waals surface area contributed by atoms with Gasteiger partial charge in [0, 0.05) is 59.2 Å². The molecule has 4 fully saturated rings. The van der Waals surface area contributed by atoms with Gasteiger partial charge in [0.05, 0.1) is 37.1 Å².